The van der Waals surface area contributed by atoms with Gasteiger partial charge in [0.2, 0.25) is 0 Å². The second-order valence-electron chi connectivity index (χ2n) is 15.3. The standard InChI is InChI=1S/C56H35N/c1-5-18-36(19-6-1)40-32-41(37-20-7-2-8-21-37)34-42(33-40)57-49-31-16-15-28-45(49)54-46-29-17-30-47-53(46)48(35-50(54)57)56-52(39-24-11-4-12-25-39)44-27-14-13-26-43(44)51(55(47)56)38-22-9-3-10-23-38/h1-3,5-7,9-11,13-20,22-35H,4,12H2. The molecule has 0 spiro atoms. The van der Waals surface area contributed by atoms with Crippen molar-refractivity contribution in [2.45, 2.75) is 12.8 Å². The van der Waals surface area contributed by atoms with Gasteiger partial charge in [-0.15, -0.1) is 0 Å². The van der Waals surface area contributed by atoms with E-state index < -0.39 is 0 Å². The molecule has 9 aromatic carbocycles. The molecule has 0 saturated heterocycles. The average molecular weight is 722 g/mol. The van der Waals surface area contributed by atoms with Crippen molar-refractivity contribution in [3.8, 4) is 61.3 Å². The van der Waals surface area contributed by atoms with Crippen molar-refractivity contribution in [3.05, 3.63) is 206 Å². The Hall–Kier alpha value is -7.40. The second kappa shape index (κ2) is 12.6. The molecule has 0 bridgehead atoms. The molecule has 0 aliphatic heterocycles. The molecule has 0 amide bonds. The lowest BCUT2D eigenvalue weighted by molar-refractivity contribution is 1.04. The van der Waals surface area contributed by atoms with Crippen LogP contribution in [-0.4, -0.2) is 4.57 Å². The van der Waals surface area contributed by atoms with Gasteiger partial charge in [-0.25, -0.2) is 0 Å². The normalized spacial score (nSPS) is 13.0. The molecule has 1 aromatic heterocycles. The molecule has 0 saturated carbocycles. The fourth-order valence-corrected chi connectivity index (χ4v) is 9.82. The Bertz CT molecular complexity index is 3250. The molecular weight excluding hydrogens is 687 g/mol. The molecule has 2 aliphatic carbocycles. The highest BCUT2D eigenvalue weighted by molar-refractivity contribution is 6.33. The van der Waals surface area contributed by atoms with Gasteiger partial charge in [-0.2, -0.15) is 0 Å². The average Bonchev–Trinajstić information content (AvgIpc) is 3.80. The summed E-state index contributed by atoms with van der Waals surface area (Å²) < 4.78 is 2.51. The molecule has 2 aliphatic rings. The van der Waals surface area contributed by atoms with Gasteiger partial charge in [0.15, 0.2) is 0 Å². The van der Waals surface area contributed by atoms with Crippen LogP contribution < -0.4 is 0 Å². The maximum atomic E-state index is 3.40. The highest BCUT2D eigenvalue weighted by atomic mass is 15.0. The molecule has 0 radical (unpaired) electrons. The van der Waals surface area contributed by atoms with E-state index in [4.69, 9.17) is 0 Å². The summed E-state index contributed by atoms with van der Waals surface area (Å²) in [7, 11) is 0. The van der Waals surface area contributed by atoms with Crippen molar-refractivity contribution >= 4 is 48.9 Å². The van der Waals surface area contributed by atoms with Crippen LogP contribution in [0.15, 0.2) is 188 Å². The summed E-state index contributed by atoms with van der Waals surface area (Å²) in [5, 5.41) is 7.76. The molecule has 12 rings (SSSR count). The zero-order chi connectivity index (χ0) is 37.5. The van der Waals surface area contributed by atoms with Crippen LogP contribution in [0.3, 0.4) is 0 Å². The molecule has 1 heteroatoms. The van der Waals surface area contributed by atoms with Gasteiger partial charge in [0, 0.05) is 22.0 Å². The molecule has 264 valence electrons. The van der Waals surface area contributed by atoms with Gasteiger partial charge in [-0.3, -0.25) is 0 Å². The zero-order valence-corrected chi connectivity index (χ0v) is 31.3. The van der Waals surface area contributed by atoms with Crippen molar-refractivity contribution in [1.29, 1.82) is 0 Å². The van der Waals surface area contributed by atoms with E-state index in [1.807, 2.05) is 12.1 Å². The third-order valence-corrected chi connectivity index (χ3v) is 12.1. The summed E-state index contributed by atoms with van der Waals surface area (Å²) in [5.74, 6) is 0. The van der Waals surface area contributed by atoms with Crippen molar-refractivity contribution < 1.29 is 0 Å². The van der Waals surface area contributed by atoms with E-state index in [1.54, 1.807) is 0 Å². The summed E-state index contributed by atoms with van der Waals surface area (Å²) in [6.07, 6.45) is 9.28. The van der Waals surface area contributed by atoms with Crippen LogP contribution in [0.4, 0.5) is 0 Å². The third-order valence-electron chi connectivity index (χ3n) is 12.1. The Morgan fingerprint density at radius 1 is 0.439 bits per heavy atom. The lowest BCUT2D eigenvalue weighted by Crippen LogP contribution is -1.98. The molecule has 0 unspecified atom stereocenters. The first kappa shape index (κ1) is 31.9. The zero-order valence-electron chi connectivity index (χ0n) is 31.3. The van der Waals surface area contributed by atoms with E-state index in [2.05, 4.69) is 193 Å². The summed E-state index contributed by atoms with van der Waals surface area (Å²) >= 11 is 0. The molecule has 0 atom stereocenters. The van der Waals surface area contributed by atoms with Crippen molar-refractivity contribution in [1.82, 2.24) is 4.57 Å². The van der Waals surface area contributed by atoms with E-state index in [-0.39, 0.29) is 0 Å². The maximum absolute atomic E-state index is 3.40. The molecular formula is C56H35N. The number of para-hydroxylation sites is 1. The topological polar surface area (TPSA) is 4.93 Å². The van der Waals surface area contributed by atoms with Crippen LogP contribution in [0.1, 0.15) is 18.4 Å². The van der Waals surface area contributed by atoms with Crippen LogP contribution >= 0.6 is 0 Å². The Morgan fingerprint density at radius 3 is 1.91 bits per heavy atom. The van der Waals surface area contributed by atoms with Crippen LogP contribution in [0.25, 0.3) is 110 Å². The van der Waals surface area contributed by atoms with Crippen LogP contribution in [-0.2, 0) is 0 Å². The number of hydrogen-bond donors (Lipinski definition) is 0. The van der Waals surface area contributed by atoms with Gasteiger partial charge in [0.1, 0.15) is 0 Å². The smallest absolute Gasteiger partial charge is 0.0553 e. The Labute approximate surface area is 332 Å². The number of hydrogen-bond acceptors (Lipinski definition) is 0. The van der Waals surface area contributed by atoms with Crippen molar-refractivity contribution in [2.75, 3.05) is 0 Å². The minimum atomic E-state index is 1.03. The summed E-state index contributed by atoms with van der Waals surface area (Å²) in [6.45, 7) is 0. The van der Waals surface area contributed by atoms with Crippen molar-refractivity contribution in [3.63, 3.8) is 0 Å². The number of aromatic nitrogens is 1. The van der Waals surface area contributed by atoms with Gasteiger partial charge in [-0.1, -0.05) is 158 Å². The number of rotatable bonds is 5. The Morgan fingerprint density at radius 2 is 1.14 bits per heavy atom. The Kier molecular flexibility index (Phi) is 7.03. The summed E-state index contributed by atoms with van der Waals surface area (Å²) in [4.78, 5) is 0. The van der Waals surface area contributed by atoms with Gasteiger partial charge in [-0.05, 0) is 138 Å². The predicted molar refractivity (Wildman–Crippen MR) is 241 cm³/mol. The molecule has 1 nitrogen and oxygen atoms in total. The number of fused-ring (bicyclic) bond motifs is 8. The highest BCUT2D eigenvalue weighted by Crippen LogP contribution is 2.58. The SMILES string of the molecule is c1cccc(-c2cc(-c3ccccc3)cc(-n3c4ccccc4c4c5cccc6c5c(cc43)-c3c-6c(-c4ccccc4)c4ccccc4c3C3=CCCC=C3)c2)c#1. The van der Waals surface area contributed by atoms with E-state index in [1.165, 1.54) is 99.0 Å². The number of nitrogens with zero attached hydrogens (tertiary/aromatic N) is 1. The molecule has 57 heavy (non-hydrogen) atoms. The van der Waals surface area contributed by atoms with Crippen molar-refractivity contribution in [2.24, 2.45) is 0 Å². The van der Waals surface area contributed by atoms with E-state index >= 15 is 0 Å². The van der Waals surface area contributed by atoms with Gasteiger partial charge < -0.3 is 4.57 Å². The van der Waals surface area contributed by atoms with E-state index in [0.29, 0.717) is 0 Å². The first-order valence-electron chi connectivity index (χ1n) is 19.9. The molecule has 0 fully saturated rings. The lowest BCUT2D eigenvalue weighted by atomic mass is 9.81. The first-order valence-corrected chi connectivity index (χ1v) is 19.9. The third kappa shape index (κ3) is 4.78. The minimum absolute atomic E-state index is 1.03. The highest BCUT2D eigenvalue weighted by Gasteiger charge is 2.32. The van der Waals surface area contributed by atoms with Gasteiger partial charge in [0.05, 0.1) is 11.0 Å². The monoisotopic (exact) mass is 721 g/mol. The molecule has 0 N–H and O–H groups in total. The fourth-order valence-electron chi connectivity index (χ4n) is 9.82. The first-order chi connectivity index (χ1) is 28.3. The van der Waals surface area contributed by atoms with Crippen LogP contribution in [0, 0.1) is 12.1 Å². The fraction of sp³-hybridized carbons (Fsp3) is 0.0357. The van der Waals surface area contributed by atoms with Crippen LogP contribution in [0.5, 0.6) is 0 Å². The molecule has 10 aromatic rings. The second-order valence-corrected chi connectivity index (χ2v) is 15.3. The summed E-state index contributed by atoms with van der Waals surface area (Å²) in [5.41, 5.74) is 18.5. The predicted octanol–water partition coefficient (Wildman–Crippen LogP) is 15.1. The Balaban J connectivity index is 1.25. The van der Waals surface area contributed by atoms with Gasteiger partial charge >= 0.3 is 0 Å². The van der Waals surface area contributed by atoms with Crippen LogP contribution in [0.2, 0.25) is 0 Å². The minimum Gasteiger partial charge on any atom is -0.309 e. The quantitative estimate of drug-likeness (QED) is 0.167. The van der Waals surface area contributed by atoms with E-state index in [9.17, 15) is 0 Å². The number of allylic oxidation sites excluding steroid dienone is 4. The molecule has 1 heterocycles. The van der Waals surface area contributed by atoms with Gasteiger partial charge in [0.25, 0.3) is 0 Å². The maximum Gasteiger partial charge on any atom is 0.0553 e. The largest absolute Gasteiger partial charge is 0.309 e. The lowest BCUT2D eigenvalue weighted by Gasteiger charge is -2.21. The summed E-state index contributed by atoms with van der Waals surface area (Å²) in [6, 6.07) is 69.0. The number of benzene rings is 8. The van der Waals surface area contributed by atoms with E-state index in [0.717, 1.165) is 29.7 Å².